The minimum absolute atomic E-state index is 0.282. The molecule has 0 radical (unpaired) electrons. The lowest BCUT2D eigenvalue weighted by Gasteiger charge is -2.23. The van der Waals surface area contributed by atoms with Crippen LogP contribution < -0.4 is 19.5 Å². The van der Waals surface area contributed by atoms with E-state index in [-0.39, 0.29) is 5.56 Å². The Bertz CT molecular complexity index is 1530. The molecule has 3 aromatic rings. The van der Waals surface area contributed by atoms with Crippen LogP contribution in [0.5, 0.6) is 17.2 Å². The van der Waals surface area contributed by atoms with Crippen LogP contribution in [0.3, 0.4) is 0 Å². The van der Waals surface area contributed by atoms with Gasteiger partial charge < -0.3 is 19.5 Å². The van der Waals surface area contributed by atoms with E-state index < -0.39 is 103 Å². The predicted octanol–water partition coefficient (Wildman–Crippen LogP) is 7.24. The molecule has 3 rings (SSSR count). The third-order valence-electron chi connectivity index (χ3n) is 5.64. The number of methoxy groups -OCH3 is 2. The van der Waals surface area contributed by atoms with Gasteiger partial charge in [-0.1, -0.05) is 32.4 Å². The molecule has 0 aromatic heterocycles. The van der Waals surface area contributed by atoms with Gasteiger partial charge in [-0.15, -0.1) is 0 Å². The number of amides is 1. The lowest BCUT2D eigenvalue weighted by molar-refractivity contribution is 0.0721. The van der Waals surface area contributed by atoms with Crippen molar-refractivity contribution in [1.82, 2.24) is 0 Å². The zero-order chi connectivity index (χ0) is 31.1. The number of esters is 1. The number of rotatable bonds is 6. The van der Waals surface area contributed by atoms with E-state index in [1.165, 1.54) is 6.07 Å². The van der Waals surface area contributed by atoms with Crippen LogP contribution in [0.4, 0.5) is 40.8 Å². The van der Waals surface area contributed by atoms with Crippen molar-refractivity contribution in [2.45, 2.75) is 26.2 Å². The molecule has 0 aliphatic carbocycles. The molecule has 220 valence electrons. The Labute approximate surface area is 231 Å². The molecule has 0 saturated heterocycles. The van der Waals surface area contributed by atoms with Crippen molar-refractivity contribution in [2.24, 2.45) is 0 Å². The average molecular weight is 612 g/mol. The lowest BCUT2D eigenvalue weighted by Crippen LogP contribution is -2.22. The lowest BCUT2D eigenvalue weighted by atomic mass is 9.86. The van der Waals surface area contributed by atoms with Gasteiger partial charge in [-0.3, -0.25) is 4.79 Å². The molecule has 41 heavy (non-hydrogen) atoms. The fraction of sp³-hybridized carbons (Fsp3) is 0.231. The number of carbonyl (C=O) groups is 2. The van der Waals surface area contributed by atoms with Gasteiger partial charge in [0.1, 0.15) is 11.1 Å². The van der Waals surface area contributed by atoms with Crippen molar-refractivity contribution < 1.29 is 58.9 Å². The monoisotopic (exact) mass is 611 g/mol. The normalized spacial score (nSPS) is 11.4. The molecule has 0 atom stereocenters. The van der Waals surface area contributed by atoms with E-state index in [0.717, 1.165) is 6.07 Å². The smallest absolute Gasteiger partial charge is 0.349 e. The first-order valence-corrected chi connectivity index (χ1v) is 11.5. The number of anilines is 1. The molecule has 15 heteroatoms. The number of halogens is 9. The topological polar surface area (TPSA) is 73.9 Å². The van der Waals surface area contributed by atoms with Gasteiger partial charge in [0.05, 0.1) is 24.9 Å². The molecule has 3 aromatic carbocycles. The van der Waals surface area contributed by atoms with Crippen LogP contribution in [0.25, 0.3) is 0 Å². The summed E-state index contributed by atoms with van der Waals surface area (Å²) in [5, 5.41) is 1.33. The van der Waals surface area contributed by atoms with Crippen LogP contribution >= 0.6 is 11.6 Å². The maximum Gasteiger partial charge on any atom is 0.349 e. The highest BCUT2D eigenvalue weighted by Crippen LogP contribution is 2.40. The fourth-order valence-electron chi connectivity index (χ4n) is 3.51. The second-order valence-electron chi connectivity index (χ2n) is 9.26. The summed E-state index contributed by atoms with van der Waals surface area (Å²) < 4.78 is 128. The van der Waals surface area contributed by atoms with Gasteiger partial charge in [-0.2, -0.15) is 17.6 Å². The van der Waals surface area contributed by atoms with Crippen molar-refractivity contribution in [1.29, 1.82) is 0 Å². The van der Waals surface area contributed by atoms with Crippen molar-refractivity contribution in [3.63, 3.8) is 0 Å². The summed E-state index contributed by atoms with van der Waals surface area (Å²) in [6.45, 7) is 4.95. The number of carbonyl (C=O) groups excluding carboxylic acids is 2. The Kier molecular flexibility index (Phi) is 8.77. The van der Waals surface area contributed by atoms with Gasteiger partial charge >= 0.3 is 5.97 Å². The number of hydrogen-bond acceptors (Lipinski definition) is 5. The SMILES string of the molecule is COc1c(F)c(F)c(C(=O)Nc2cc(C(C)(C)C)cc(Cl)c2OC(=O)c2c(F)c(F)c(OC)c(F)c2F)c(F)c1F. The Morgan fingerprint density at radius 1 is 0.683 bits per heavy atom. The van der Waals surface area contributed by atoms with E-state index in [2.05, 4.69) is 9.47 Å². The van der Waals surface area contributed by atoms with Gasteiger partial charge in [0.2, 0.25) is 23.3 Å². The Balaban J connectivity index is 2.18. The van der Waals surface area contributed by atoms with E-state index in [0.29, 0.717) is 14.2 Å². The fourth-order valence-corrected chi connectivity index (χ4v) is 3.77. The second-order valence-corrected chi connectivity index (χ2v) is 9.66. The maximum absolute atomic E-state index is 14.6. The van der Waals surface area contributed by atoms with E-state index in [9.17, 15) is 44.7 Å². The maximum atomic E-state index is 14.6. The molecule has 0 aliphatic rings. The molecule has 0 saturated carbocycles. The predicted molar refractivity (Wildman–Crippen MR) is 129 cm³/mol. The molecule has 0 unspecified atom stereocenters. The summed E-state index contributed by atoms with van der Waals surface area (Å²) in [6, 6.07) is 2.23. The minimum atomic E-state index is -2.20. The molecular formula is C26H18ClF8NO5. The van der Waals surface area contributed by atoms with E-state index >= 15 is 0 Å². The van der Waals surface area contributed by atoms with Crippen LogP contribution in [-0.4, -0.2) is 26.1 Å². The van der Waals surface area contributed by atoms with Gasteiger partial charge in [0, 0.05) is 0 Å². The first-order chi connectivity index (χ1) is 19.0. The van der Waals surface area contributed by atoms with Crippen molar-refractivity contribution >= 4 is 29.2 Å². The highest BCUT2D eigenvalue weighted by Gasteiger charge is 2.34. The summed E-state index contributed by atoms with van der Waals surface area (Å²) >= 11 is 6.18. The Morgan fingerprint density at radius 3 is 1.49 bits per heavy atom. The summed E-state index contributed by atoms with van der Waals surface area (Å²) in [7, 11) is 1.42. The quantitative estimate of drug-likeness (QED) is 0.138. The molecule has 0 aliphatic heterocycles. The van der Waals surface area contributed by atoms with Crippen LogP contribution in [0, 0.1) is 46.5 Å². The summed E-state index contributed by atoms with van der Waals surface area (Å²) in [5.74, 6) is -24.6. The molecule has 0 heterocycles. The molecule has 0 fully saturated rings. The minimum Gasteiger partial charge on any atom is -0.491 e. The number of ether oxygens (including phenoxy) is 3. The van der Waals surface area contributed by atoms with Crippen LogP contribution in [0.15, 0.2) is 12.1 Å². The van der Waals surface area contributed by atoms with E-state index in [4.69, 9.17) is 16.3 Å². The summed E-state index contributed by atoms with van der Waals surface area (Å²) in [4.78, 5) is 25.5. The van der Waals surface area contributed by atoms with Crippen molar-refractivity contribution in [3.05, 3.63) is 80.4 Å². The first kappa shape index (κ1) is 31.5. The van der Waals surface area contributed by atoms with E-state index in [1.54, 1.807) is 20.8 Å². The highest BCUT2D eigenvalue weighted by molar-refractivity contribution is 6.33. The van der Waals surface area contributed by atoms with Crippen LogP contribution in [0.2, 0.25) is 5.02 Å². The van der Waals surface area contributed by atoms with Crippen LogP contribution in [-0.2, 0) is 5.41 Å². The molecule has 6 nitrogen and oxygen atoms in total. The second kappa shape index (κ2) is 11.4. The molecule has 1 amide bonds. The number of hydrogen-bond donors (Lipinski definition) is 1. The summed E-state index contributed by atoms with van der Waals surface area (Å²) in [6.07, 6.45) is 0. The standard InChI is InChI=1S/C26H18ClF8NO5/c1-26(2,3)8-6-9(27)21(41-25(38)12-15(30)19(34)23(40-5)20(35)16(12)31)10(7-8)36-24(37)11-13(28)17(32)22(39-4)18(33)14(11)29/h6-7H,1-5H3,(H,36,37). The third-order valence-corrected chi connectivity index (χ3v) is 5.92. The van der Waals surface area contributed by atoms with E-state index in [1.807, 2.05) is 5.32 Å². The number of benzene rings is 3. The molecule has 0 bridgehead atoms. The zero-order valence-electron chi connectivity index (χ0n) is 21.6. The Hall–Kier alpha value is -4.07. The molecule has 1 N–H and O–H groups in total. The van der Waals surface area contributed by atoms with Gasteiger partial charge in [0.15, 0.2) is 40.5 Å². The van der Waals surface area contributed by atoms with Crippen molar-refractivity contribution in [2.75, 3.05) is 19.5 Å². The molecule has 0 spiro atoms. The van der Waals surface area contributed by atoms with Gasteiger partial charge in [0.25, 0.3) is 5.91 Å². The van der Waals surface area contributed by atoms with Gasteiger partial charge in [-0.05, 0) is 23.1 Å². The summed E-state index contributed by atoms with van der Waals surface area (Å²) in [5.41, 5.74) is -4.78. The zero-order valence-corrected chi connectivity index (χ0v) is 22.4. The highest BCUT2D eigenvalue weighted by atomic mass is 35.5. The van der Waals surface area contributed by atoms with Crippen LogP contribution in [0.1, 0.15) is 47.1 Å². The Morgan fingerprint density at radius 2 is 1.10 bits per heavy atom. The number of nitrogens with one attached hydrogen (secondary N) is 1. The third kappa shape index (κ3) is 5.60. The average Bonchev–Trinajstić information content (AvgIpc) is 2.88. The first-order valence-electron chi connectivity index (χ1n) is 11.1. The van der Waals surface area contributed by atoms with Gasteiger partial charge in [-0.25, -0.2) is 22.4 Å². The largest absolute Gasteiger partial charge is 0.491 e. The van der Waals surface area contributed by atoms with Crippen molar-refractivity contribution in [3.8, 4) is 17.2 Å². The molecular weight excluding hydrogens is 594 g/mol.